The molecule has 2 rings (SSSR count). The minimum Gasteiger partial charge on any atom is -0.368 e. The predicted molar refractivity (Wildman–Crippen MR) is 85.8 cm³/mol. The van der Waals surface area contributed by atoms with Gasteiger partial charge in [0.1, 0.15) is 6.04 Å². The highest BCUT2D eigenvalue weighted by Crippen LogP contribution is 2.18. The minimum atomic E-state index is -0.804. The number of aromatic nitrogens is 1. The quantitative estimate of drug-likeness (QED) is 0.816. The van der Waals surface area contributed by atoms with E-state index in [0.29, 0.717) is 6.42 Å². The first-order valence-electron chi connectivity index (χ1n) is 7.62. The van der Waals surface area contributed by atoms with Crippen molar-refractivity contribution in [3.05, 3.63) is 53.4 Å². The van der Waals surface area contributed by atoms with Crippen molar-refractivity contribution in [3.8, 4) is 0 Å². The molecular formula is C17H21N3O3. The zero-order chi connectivity index (χ0) is 16.8. The summed E-state index contributed by atoms with van der Waals surface area (Å²) < 4.78 is 5.07. The van der Waals surface area contributed by atoms with E-state index >= 15 is 0 Å². The molecule has 6 heteroatoms. The second-order valence-corrected chi connectivity index (χ2v) is 5.54. The van der Waals surface area contributed by atoms with E-state index in [1.165, 1.54) is 0 Å². The van der Waals surface area contributed by atoms with Crippen LogP contribution in [0.5, 0.6) is 0 Å². The largest absolute Gasteiger partial charge is 0.368 e. The van der Waals surface area contributed by atoms with Gasteiger partial charge in [0.05, 0.1) is 5.69 Å². The summed E-state index contributed by atoms with van der Waals surface area (Å²) in [6, 6.07) is 10.2. The molecule has 0 aliphatic rings. The van der Waals surface area contributed by atoms with Gasteiger partial charge in [0.2, 0.25) is 11.7 Å². The number of carbonyl (C=O) groups is 2. The van der Waals surface area contributed by atoms with E-state index in [0.717, 1.165) is 17.7 Å². The van der Waals surface area contributed by atoms with E-state index in [-0.39, 0.29) is 11.7 Å². The average molecular weight is 315 g/mol. The molecule has 2 atom stereocenters. The predicted octanol–water partition coefficient (Wildman–Crippen LogP) is 2.01. The number of nitrogens with two attached hydrogens (primary N) is 1. The Balaban J connectivity index is 2.06. The minimum absolute atomic E-state index is 0.0830. The van der Waals surface area contributed by atoms with Gasteiger partial charge in [-0.15, -0.1) is 0 Å². The molecule has 23 heavy (non-hydrogen) atoms. The van der Waals surface area contributed by atoms with Crippen LogP contribution in [0.3, 0.4) is 0 Å². The summed E-state index contributed by atoms with van der Waals surface area (Å²) in [5.41, 5.74) is 7.02. The summed E-state index contributed by atoms with van der Waals surface area (Å²) in [5, 5.41) is 6.50. The zero-order valence-corrected chi connectivity index (χ0v) is 13.3. The third-order valence-corrected chi connectivity index (χ3v) is 3.80. The topological polar surface area (TPSA) is 98.2 Å². The Hall–Kier alpha value is -2.63. The lowest BCUT2D eigenvalue weighted by Gasteiger charge is -2.14. The maximum absolute atomic E-state index is 12.2. The molecule has 2 aromatic rings. The highest BCUT2D eigenvalue weighted by atomic mass is 16.5. The summed E-state index contributed by atoms with van der Waals surface area (Å²) in [5.74, 6) is -0.799. The second-order valence-electron chi connectivity index (χ2n) is 5.54. The summed E-state index contributed by atoms with van der Waals surface area (Å²) >= 11 is 0. The van der Waals surface area contributed by atoms with Gasteiger partial charge in [-0.25, -0.2) is 0 Å². The first kappa shape index (κ1) is 16.7. The van der Waals surface area contributed by atoms with Crippen molar-refractivity contribution >= 4 is 11.8 Å². The molecular weight excluding hydrogens is 294 g/mol. The molecule has 0 saturated carbocycles. The van der Waals surface area contributed by atoms with Crippen molar-refractivity contribution in [2.24, 2.45) is 5.73 Å². The molecule has 3 N–H and O–H groups in total. The third-order valence-electron chi connectivity index (χ3n) is 3.80. The number of rotatable bonds is 7. The van der Waals surface area contributed by atoms with Gasteiger partial charge in [0, 0.05) is 18.4 Å². The molecule has 122 valence electrons. The Bertz CT molecular complexity index is 667. The lowest BCUT2D eigenvalue weighted by molar-refractivity contribution is -0.119. The van der Waals surface area contributed by atoms with Gasteiger partial charge in [-0.05, 0) is 12.0 Å². The molecule has 1 aromatic carbocycles. The Kier molecular flexibility index (Phi) is 5.51. The Morgan fingerprint density at radius 1 is 1.30 bits per heavy atom. The fraction of sp³-hybridized carbons (Fsp3) is 0.353. The summed E-state index contributed by atoms with van der Waals surface area (Å²) in [6.07, 6.45) is 1.22. The lowest BCUT2D eigenvalue weighted by Crippen LogP contribution is -2.45. The normalized spacial score (nSPS) is 13.3. The van der Waals surface area contributed by atoms with E-state index in [9.17, 15) is 9.59 Å². The molecule has 6 nitrogen and oxygen atoms in total. The van der Waals surface area contributed by atoms with Crippen LogP contribution >= 0.6 is 0 Å². The monoisotopic (exact) mass is 315 g/mol. The van der Waals surface area contributed by atoms with E-state index in [2.05, 4.69) is 10.5 Å². The molecule has 0 aliphatic heterocycles. The van der Waals surface area contributed by atoms with Gasteiger partial charge in [0.25, 0.3) is 5.91 Å². The molecule has 2 unspecified atom stereocenters. The van der Waals surface area contributed by atoms with Crippen LogP contribution in [-0.2, 0) is 11.2 Å². The van der Waals surface area contributed by atoms with Crippen molar-refractivity contribution in [3.63, 3.8) is 0 Å². The summed E-state index contributed by atoms with van der Waals surface area (Å²) in [4.78, 5) is 23.8. The molecule has 0 radical (unpaired) electrons. The average Bonchev–Trinajstić information content (AvgIpc) is 3.04. The van der Waals surface area contributed by atoms with Crippen molar-refractivity contribution < 1.29 is 14.1 Å². The fourth-order valence-electron chi connectivity index (χ4n) is 2.14. The van der Waals surface area contributed by atoms with Crippen molar-refractivity contribution in [1.82, 2.24) is 10.5 Å². The molecule has 0 aliphatic carbocycles. The van der Waals surface area contributed by atoms with Gasteiger partial charge in [-0.2, -0.15) is 0 Å². The van der Waals surface area contributed by atoms with Crippen LogP contribution in [0.1, 0.15) is 48.0 Å². The number of primary amides is 1. The van der Waals surface area contributed by atoms with Crippen molar-refractivity contribution in [2.75, 3.05) is 0 Å². The Labute approximate surface area is 135 Å². The Morgan fingerprint density at radius 3 is 2.61 bits per heavy atom. The van der Waals surface area contributed by atoms with Gasteiger partial charge in [-0.3, -0.25) is 9.59 Å². The molecule has 1 aromatic heterocycles. The number of nitrogens with zero attached hydrogens (tertiary/aromatic N) is 1. The molecule has 0 spiro atoms. The van der Waals surface area contributed by atoms with Crippen LogP contribution in [-0.4, -0.2) is 23.0 Å². The van der Waals surface area contributed by atoms with Gasteiger partial charge >= 0.3 is 0 Å². The Morgan fingerprint density at radius 2 is 2.00 bits per heavy atom. The standard InChI is InChI=1S/C17H21N3O3/c1-3-11(2)13-10-15(23-20-13)17(22)19-14(16(18)21)9-12-7-5-4-6-8-12/h4-8,10-11,14H,3,9H2,1-2H3,(H2,18,21)(H,19,22). The zero-order valence-electron chi connectivity index (χ0n) is 13.3. The maximum atomic E-state index is 12.2. The van der Waals surface area contributed by atoms with Crippen LogP contribution in [0, 0.1) is 0 Å². The van der Waals surface area contributed by atoms with Crippen LogP contribution < -0.4 is 11.1 Å². The number of carbonyl (C=O) groups excluding carboxylic acids is 2. The number of hydrogen-bond donors (Lipinski definition) is 2. The number of benzene rings is 1. The lowest BCUT2D eigenvalue weighted by atomic mass is 10.0. The molecule has 0 fully saturated rings. The second kappa shape index (κ2) is 7.58. The highest BCUT2D eigenvalue weighted by molar-refractivity contribution is 5.95. The van der Waals surface area contributed by atoms with E-state index < -0.39 is 17.9 Å². The van der Waals surface area contributed by atoms with Crippen molar-refractivity contribution in [1.29, 1.82) is 0 Å². The molecule has 0 bridgehead atoms. The first-order valence-corrected chi connectivity index (χ1v) is 7.62. The smallest absolute Gasteiger partial charge is 0.290 e. The number of nitrogens with one attached hydrogen (secondary N) is 1. The number of hydrogen-bond acceptors (Lipinski definition) is 4. The van der Waals surface area contributed by atoms with Crippen molar-refractivity contribution in [2.45, 2.75) is 38.6 Å². The summed E-state index contributed by atoms with van der Waals surface area (Å²) in [6.45, 7) is 4.03. The van der Waals surface area contributed by atoms with Gasteiger partial charge < -0.3 is 15.6 Å². The molecule has 1 heterocycles. The fourth-order valence-corrected chi connectivity index (χ4v) is 2.14. The van der Waals surface area contributed by atoms with E-state index in [1.54, 1.807) is 6.07 Å². The van der Waals surface area contributed by atoms with E-state index in [1.807, 2.05) is 44.2 Å². The van der Waals surface area contributed by atoms with Gasteiger partial charge in [-0.1, -0.05) is 49.3 Å². The maximum Gasteiger partial charge on any atom is 0.290 e. The first-order chi connectivity index (χ1) is 11.0. The SMILES string of the molecule is CCC(C)c1cc(C(=O)NC(Cc2ccccc2)C(N)=O)on1. The van der Waals surface area contributed by atoms with Crippen LogP contribution in [0.4, 0.5) is 0 Å². The molecule has 2 amide bonds. The van der Waals surface area contributed by atoms with Gasteiger partial charge in [0.15, 0.2) is 0 Å². The molecule has 0 saturated heterocycles. The highest BCUT2D eigenvalue weighted by Gasteiger charge is 2.22. The number of amides is 2. The van der Waals surface area contributed by atoms with Crippen LogP contribution in [0.2, 0.25) is 0 Å². The van der Waals surface area contributed by atoms with Crippen LogP contribution in [0.15, 0.2) is 40.9 Å². The van der Waals surface area contributed by atoms with E-state index in [4.69, 9.17) is 10.3 Å². The van der Waals surface area contributed by atoms with Crippen LogP contribution in [0.25, 0.3) is 0 Å². The summed E-state index contributed by atoms with van der Waals surface area (Å²) in [7, 11) is 0. The third kappa shape index (κ3) is 4.42.